The molecule has 0 aliphatic rings. The Kier molecular flexibility index (Phi) is 3.35. The Hall–Kier alpha value is -1.86. The number of hydrazine groups is 1. The van der Waals surface area contributed by atoms with Gasteiger partial charge in [-0.25, -0.2) is 15.8 Å². The molecule has 7 nitrogen and oxygen atoms in total. The van der Waals surface area contributed by atoms with E-state index in [0.29, 0.717) is 30.2 Å². The number of hydrogen-bond acceptors (Lipinski definition) is 6. The van der Waals surface area contributed by atoms with Crippen molar-refractivity contribution in [3.05, 3.63) is 18.6 Å². The van der Waals surface area contributed by atoms with Crippen molar-refractivity contribution in [1.82, 2.24) is 14.4 Å². The number of rotatable bonds is 5. The number of nitrogens with zero attached hydrogens (tertiary/aromatic N) is 3. The van der Waals surface area contributed by atoms with Crippen LogP contribution in [0.2, 0.25) is 0 Å². The lowest BCUT2D eigenvalue weighted by atomic mass is 10.0. The molecular formula is C11H18N6O. The molecule has 1 atom stereocenters. The second kappa shape index (κ2) is 4.79. The molecule has 0 aliphatic heterocycles. The third-order valence-corrected chi connectivity index (χ3v) is 2.92. The number of aromatic nitrogens is 3. The van der Waals surface area contributed by atoms with Gasteiger partial charge in [-0.3, -0.25) is 0 Å². The van der Waals surface area contributed by atoms with E-state index in [-0.39, 0.29) is 0 Å². The predicted octanol–water partition coefficient (Wildman–Crippen LogP) is 0.588. The molecule has 0 radical (unpaired) electrons. The normalized spacial score (nSPS) is 14.4. The van der Waals surface area contributed by atoms with Gasteiger partial charge in [0.2, 0.25) is 0 Å². The lowest BCUT2D eigenvalue weighted by molar-refractivity contribution is 0.0697. The van der Waals surface area contributed by atoms with Gasteiger partial charge in [0.05, 0.1) is 11.8 Å². The van der Waals surface area contributed by atoms with E-state index < -0.39 is 5.60 Å². The summed E-state index contributed by atoms with van der Waals surface area (Å²) in [5, 5.41) is 13.1. The molecule has 0 fully saturated rings. The minimum absolute atomic E-state index is 0.396. The van der Waals surface area contributed by atoms with E-state index in [1.54, 1.807) is 25.5 Å². The first-order valence-electron chi connectivity index (χ1n) is 5.82. The standard InChI is InChI=1S/C11H18N6O/c1-3-11(2,18)7-14-9-10-13-4-5-17(10)6-8(15-9)16-12/h4-6,16,18H,3,7,12H2,1-2H3,(H,14,15). The Morgan fingerprint density at radius 1 is 1.56 bits per heavy atom. The van der Waals surface area contributed by atoms with E-state index in [2.05, 4.69) is 20.7 Å². The van der Waals surface area contributed by atoms with Crippen LogP contribution in [0.5, 0.6) is 0 Å². The Labute approximate surface area is 105 Å². The average Bonchev–Trinajstić information content (AvgIpc) is 2.84. The van der Waals surface area contributed by atoms with Crippen LogP contribution < -0.4 is 16.6 Å². The molecule has 0 saturated heterocycles. The van der Waals surface area contributed by atoms with E-state index in [9.17, 15) is 5.11 Å². The highest BCUT2D eigenvalue weighted by atomic mass is 16.3. The van der Waals surface area contributed by atoms with Gasteiger partial charge in [0.25, 0.3) is 0 Å². The van der Waals surface area contributed by atoms with Crippen LogP contribution in [-0.4, -0.2) is 31.6 Å². The minimum atomic E-state index is -0.780. The number of aliphatic hydroxyl groups is 1. The second-order valence-corrected chi connectivity index (χ2v) is 4.48. The number of fused-ring (bicyclic) bond motifs is 1. The van der Waals surface area contributed by atoms with Crippen molar-refractivity contribution in [1.29, 1.82) is 0 Å². The highest BCUT2D eigenvalue weighted by molar-refractivity contribution is 5.65. The van der Waals surface area contributed by atoms with Crippen LogP contribution in [0.1, 0.15) is 20.3 Å². The molecule has 0 aliphatic carbocycles. The molecule has 5 N–H and O–H groups in total. The van der Waals surface area contributed by atoms with Crippen LogP contribution in [0.25, 0.3) is 5.65 Å². The number of nitrogens with two attached hydrogens (primary N) is 1. The molecule has 2 heterocycles. The number of nitrogen functional groups attached to an aromatic ring is 1. The molecule has 2 aromatic rings. The molecule has 2 rings (SSSR count). The zero-order valence-electron chi connectivity index (χ0n) is 10.5. The van der Waals surface area contributed by atoms with Crippen LogP contribution >= 0.6 is 0 Å². The molecule has 0 amide bonds. The van der Waals surface area contributed by atoms with Crippen molar-refractivity contribution < 1.29 is 5.11 Å². The number of nitrogens with one attached hydrogen (secondary N) is 2. The summed E-state index contributed by atoms with van der Waals surface area (Å²) < 4.78 is 1.81. The molecule has 0 bridgehead atoms. The van der Waals surface area contributed by atoms with Crippen molar-refractivity contribution in [2.45, 2.75) is 25.9 Å². The summed E-state index contributed by atoms with van der Waals surface area (Å²) in [6, 6.07) is 0. The second-order valence-electron chi connectivity index (χ2n) is 4.48. The smallest absolute Gasteiger partial charge is 0.180 e. The van der Waals surface area contributed by atoms with Crippen LogP contribution in [0.4, 0.5) is 11.6 Å². The minimum Gasteiger partial charge on any atom is -0.388 e. The Bertz CT molecular complexity index is 535. The van der Waals surface area contributed by atoms with Gasteiger partial charge in [-0.2, -0.15) is 0 Å². The topological polar surface area (TPSA) is 100 Å². The molecule has 18 heavy (non-hydrogen) atoms. The highest BCUT2D eigenvalue weighted by Gasteiger charge is 2.18. The predicted molar refractivity (Wildman–Crippen MR) is 70.2 cm³/mol. The summed E-state index contributed by atoms with van der Waals surface area (Å²) in [5.41, 5.74) is 2.41. The third-order valence-electron chi connectivity index (χ3n) is 2.92. The van der Waals surface area contributed by atoms with Gasteiger partial charge < -0.3 is 20.2 Å². The highest BCUT2D eigenvalue weighted by Crippen LogP contribution is 2.17. The van der Waals surface area contributed by atoms with Gasteiger partial charge in [-0.1, -0.05) is 6.92 Å². The summed E-state index contributed by atoms with van der Waals surface area (Å²) in [7, 11) is 0. The van der Waals surface area contributed by atoms with Crippen LogP contribution in [0, 0.1) is 0 Å². The number of imidazole rings is 1. The van der Waals surface area contributed by atoms with E-state index in [1.165, 1.54) is 0 Å². The third kappa shape index (κ3) is 2.52. The summed E-state index contributed by atoms with van der Waals surface area (Å²) >= 11 is 0. The maximum absolute atomic E-state index is 9.98. The fourth-order valence-electron chi connectivity index (χ4n) is 1.52. The van der Waals surface area contributed by atoms with Crippen molar-refractivity contribution in [3.8, 4) is 0 Å². The summed E-state index contributed by atoms with van der Waals surface area (Å²) in [4.78, 5) is 8.50. The van der Waals surface area contributed by atoms with Gasteiger partial charge >= 0.3 is 0 Å². The Morgan fingerprint density at radius 2 is 2.33 bits per heavy atom. The van der Waals surface area contributed by atoms with Gasteiger partial charge in [0.1, 0.15) is 0 Å². The van der Waals surface area contributed by atoms with E-state index >= 15 is 0 Å². The largest absolute Gasteiger partial charge is 0.388 e. The molecule has 98 valence electrons. The maximum atomic E-state index is 9.98. The quantitative estimate of drug-likeness (QED) is 0.457. The summed E-state index contributed by atoms with van der Waals surface area (Å²) in [6.45, 7) is 4.10. The van der Waals surface area contributed by atoms with E-state index in [4.69, 9.17) is 5.84 Å². The van der Waals surface area contributed by atoms with Gasteiger partial charge in [0.15, 0.2) is 17.3 Å². The molecule has 1 unspecified atom stereocenters. The first kappa shape index (κ1) is 12.6. The van der Waals surface area contributed by atoms with Crippen LogP contribution in [0.15, 0.2) is 18.6 Å². The van der Waals surface area contributed by atoms with Gasteiger partial charge in [-0.05, 0) is 13.3 Å². The molecule has 0 spiro atoms. The molecule has 0 saturated carbocycles. The molecule has 0 aromatic carbocycles. The Balaban J connectivity index is 2.28. The fourth-order valence-corrected chi connectivity index (χ4v) is 1.52. The van der Waals surface area contributed by atoms with E-state index in [0.717, 1.165) is 0 Å². The van der Waals surface area contributed by atoms with Crippen molar-refractivity contribution in [3.63, 3.8) is 0 Å². The average molecular weight is 250 g/mol. The van der Waals surface area contributed by atoms with Crippen molar-refractivity contribution in [2.24, 2.45) is 5.84 Å². The maximum Gasteiger partial charge on any atom is 0.180 e. The molecule has 7 heteroatoms. The van der Waals surface area contributed by atoms with Gasteiger partial charge in [0, 0.05) is 18.9 Å². The van der Waals surface area contributed by atoms with Crippen molar-refractivity contribution in [2.75, 3.05) is 17.3 Å². The van der Waals surface area contributed by atoms with E-state index in [1.807, 2.05) is 11.3 Å². The zero-order valence-corrected chi connectivity index (χ0v) is 10.5. The van der Waals surface area contributed by atoms with Crippen LogP contribution in [-0.2, 0) is 0 Å². The first-order chi connectivity index (χ1) is 8.55. The van der Waals surface area contributed by atoms with Gasteiger partial charge in [-0.15, -0.1) is 0 Å². The molecular weight excluding hydrogens is 232 g/mol. The summed E-state index contributed by atoms with van der Waals surface area (Å²) in [5.74, 6) is 6.48. The van der Waals surface area contributed by atoms with Crippen molar-refractivity contribution >= 4 is 17.3 Å². The fraction of sp³-hybridized carbons (Fsp3) is 0.455. The monoisotopic (exact) mass is 250 g/mol. The first-order valence-corrected chi connectivity index (χ1v) is 5.82. The zero-order chi connectivity index (χ0) is 13.2. The SMILES string of the molecule is CCC(C)(O)CNc1nc(NN)cn2ccnc12. The molecule has 2 aromatic heterocycles. The number of hydrogen-bond donors (Lipinski definition) is 4. The lowest BCUT2D eigenvalue weighted by Crippen LogP contribution is -2.32. The summed E-state index contributed by atoms with van der Waals surface area (Å²) in [6.07, 6.45) is 5.88. The van der Waals surface area contributed by atoms with Crippen LogP contribution in [0.3, 0.4) is 0 Å². The lowest BCUT2D eigenvalue weighted by Gasteiger charge is -2.22. The Morgan fingerprint density at radius 3 is 3.00 bits per heavy atom. The number of anilines is 2.